The molecule has 0 spiro atoms. The topological polar surface area (TPSA) is 118 Å². The first kappa shape index (κ1) is 27.6. The van der Waals surface area contributed by atoms with Crippen LogP contribution in [-0.4, -0.2) is 55.1 Å². The molecule has 1 aromatic heterocycles. The number of nitrogens with one attached hydrogen (secondary N) is 1. The van der Waals surface area contributed by atoms with Crippen molar-refractivity contribution in [2.45, 2.75) is 25.0 Å². The number of ether oxygens (including phenoxy) is 2. The number of benzene rings is 3. The Bertz CT molecular complexity index is 1790. The SMILES string of the molecule is CN1C(=O)[C@@H](NC(=O)C2=NC(Cc3ccccc3)N=N2)COc2ccc(C#CCCOc3ccc4ncccc4c3)cc21. The number of rotatable bonds is 7. The van der Waals surface area contributed by atoms with Crippen LogP contribution in [0.15, 0.2) is 100 Å². The van der Waals surface area contributed by atoms with Crippen LogP contribution >= 0.6 is 0 Å². The standard InChI is InChI=1S/C33H28N6O4/c1-39-28-18-23(10-5-6-17-42-25-13-14-26-24(20-25)11-7-16-34-26)12-15-29(28)43-21-27(33(39)41)35-32(40)31-36-30(37-38-31)19-22-8-3-2-4-9-22/h2-4,7-9,11-16,18,20,27,30H,6,17,19,21H2,1H3,(H,35,40)/t27-,30?/m0/s1. The molecule has 1 N–H and O–H groups in total. The largest absolute Gasteiger partial charge is 0.493 e. The summed E-state index contributed by atoms with van der Waals surface area (Å²) in [7, 11) is 1.64. The number of carbonyl (C=O) groups excluding carboxylic acids is 2. The van der Waals surface area contributed by atoms with Gasteiger partial charge in [-0.25, -0.2) is 4.99 Å². The van der Waals surface area contributed by atoms with Crippen LogP contribution in [0.25, 0.3) is 10.9 Å². The summed E-state index contributed by atoms with van der Waals surface area (Å²) < 4.78 is 11.7. The molecule has 2 atom stereocenters. The highest BCUT2D eigenvalue weighted by Crippen LogP contribution is 2.31. The number of azo groups is 1. The minimum atomic E-state index is -0.923. The second-order valence-electron chi connectivity index (χ2n) is 10.0. The minimum absolute atomic E-state index is 0.0347. The molecule has 3 aromatic carbocycles. The first-order valence-corrected chi connectivity index (χ1v) is 13.9. The molecule has 2 aliphatic heterocycles. The third-order valence-electron chi connectivity index (χ3n) is 6.98. The van der Waals surface area contributed by atoms with Crippen molar-refractivity contribution in [3.8, 4) is 23.3 Å². The highest BCUT2D eigenvalue weighted by molar-refractivity contribution is 6.38. The van der Waals surface area contributed by atoms with Crippen molar-refractivity contribution in [1.29, 1.82) is 0 Å². The Morgan fingerprint density at radius 1 is 1.09 bits per heavy atom. The fraction of sp³-hybridized carbons (Fsp3) is 0.212. The van der Waals surface area contributed by atoms with E-state index in [0.29, 0.717) is 30.9 Å². The molecule has 1 unspecified atom stereocenters. The quantitative estimate of drug-likeness (QED) is 0.261. The zero-order valence-electron chi connectivity index (χ0n) is 23.4. The summed E-state index contributed by atoms with van der Waals surface area (Å²) in [5, 5.41) is 11.8. The maximum atomic E-state index is 13.3. The van der Waals surface area contributed by atoms with Crippen LogP contribution in [0.5, 0.6) is 11.5 Å². The smallest absolute Gasteiger partial charge is 0.291 e. The molecule has 0 bridgehead atoms. The van der Waals surface area contributed by atoms with Gasteiger partial charge in [0, 0.05) is 37.0 Å². The molecule has 10 nitrogen and oxygen atoms in total. The van der Waals surface area contributed by atoms with Crippen LogP contribution in [0.1, 0.15) is 17.5 Å². The number of likely N-dealkylation sites (N-methyl/N-ethyl adjacent to an activating group) is 1. The fourth-order valence-corrected chi connectivity index (χ4v) is 4.76. The zero-order valence-corrected chi connectivity index (χ0v) is 23.4. The van der Waals surface area contributed by atoms with Gasteiger partial charge in [-0.3, -0.25) is 14.6 Å². The van der Waals surface area contributed by atoms with E-state index < -0.39 is 18.1 Å². The number of pyridine rings is 1. The molecular weight excluding hydrogens is 544 g/mol. The van der Waals surface area contributed by atoms with Gasteiger partial charge < -0.3 is 19.7 Å². The lowest BCUT2D eigenvalue weighted by Crippen LogP contribution is -2.50. The first-order chi connectivity index (χ1) is 21.0. The van der Waals surface area contributed by atoms with Crippen LogP contribution in [0.2, 0.25) is 0 Å². The number of aromatic nitrogens is 1. The first-order valence-electron chi connectivity index (χ1n) is 13.9. The number of aliphatic imine (C=N–C) groups is 1. The van der Waals surface area contributed by atoms with Gasteiger partial charge in [0.25, 0.3) is 11.8 Å². The average molecular weight is 573 g/mol. The Labute approximate surface area is 248 Å². The normalized spacial score (nSPS) is 17.3. The minimum Gasteiger partial charge on any atom is -0.493 e. The molecule has 2 aliphatic rings. The number of hydrogen-bond donors (Lipinski definition) is 1. The Morgan fingerprint density at radius 2 is 1.98 bits per heavy atom. The number of fused-ring (bicyclic) bond motifs is 2. The van der Waals surface area contributed by atoms with Crippen molar-refractivity contribution in [2.75, 3.05) is 25.2 Å². The molecule has 6 rings (SSSR count). The summed E-state index contributed by atoms with van der Waals surface area (Å²) >= 11 is 0. The molecular formula is C33H28N6O4. The Kier molecular flexibility index (Phi) is 8.04. The van der Waals surface area contributed by atoms with Gasteiger partial charge in [0.2, 0.25) is 5.84 Å². The Morgan fingerprint density at radius 3 is 2.86 bits per heavy atom. The molecule has 0 radical (unpaired) electrons. The number of carbonyl (C=O) groups is 2. The lowest BCUT2D eigenvalue weighted by atomic mass is 10.1. The average Bonchev–Trinajstić information content (AvgIpc) is 3.47. The second-order valence-corrected chi connectivity index (χ2v) is 10.0. The van der Waals surface area contributed by atoms with Crippen molar-refractivity contribution in [3.63, 3.8) is 0 Å². The van der Waals surface area contributed by atoms with Crippen LogP contribution < -0.4 is 19.7 Å². The van der Waals surface area contributed by atoms with Gasteiger partial charge in [-0.2, -0.15) is 5.11 Å². The number of amides is 2. The number of hydrogen-bond acceptors (Lipinski definition) is 8. The number of anilines is 1. The van der Waals surface area contributed by atoms with Crippen molar-refractivity contribution in [3.05, 3.63) is 96.2 Å². The maximum absolute atomic E-state index is 13.3. The Balaban J connectivity index is 1.04. The molecule has 3 heterocycles. The van der Waals surface area contributed by atoms with E-state index in [1.165, 1.54) is 4.90 Å². The zero-order chi connectivity index (χ0) is 29.6. The van der Waals surface area contributed by atoms with E-state index >= 15 is 0 Å². The lowest BCUT2D eigenvalue weighted by molar-refractivity contribution is -0.124. The second kappa shape index (κ2) is 12.5. The van der Waals surface area contributed by atoms with Crippen LogP contribution in [-0.2, 0) is 16.0 Å². The molecule has 0 aliphatic carbocycles. The monoisotopic (exact) mass is 572 g/mol. The molecule has 0 saturated heterocycles. The predicted octanol–water partition coefficient (Wildman–Crippen LogP) is 4.33. The molecule has 2 amide bonds. The summed E-state index contributed by atoms with van der Waals surface area (Å²) in [6.45, 7) is 0.400. The van der Waals surface area contributed by atoms with Gasteiger partial charge in [-0.05, 0) is 48.0 Å². The highest BCUT2D eigenvalue weighted by atomic mass is 16.5. The fourth-order valence-electron chi connectivity index (χ4n) is 4.76. The summed E-state index contributed by atoms with van der Waals surface area (Å²) in [6.07, 6.45) is 2.35. The molecule has 214 valence electrons. The lowest BCUT2D eigenvalue weighted by Gasteiger charge is -2.20. The van der Waals surface area contributed by atoms with Gasteiger partial charge in [-0.1, -0.05) is 48.2 Å². The van der Waals surface area contributed by atoms with Gasteiger partial charge in [0.15, 0.2) is 6.17 Å². The maximum Gasteiger partial charge on any atom is 0.291 e. The molecule has 4 aromatic rings. The van der Waals surface area contributed by atoms with Gasteiger partial charge >= 0.3 is 0 Å². The van der Waals surface area contributed by atoms with Crippen LogP contribution in [0, 0.1) is 11.8 Å². The summed E-state index contributed by atoms with van der Waals surface area (Å²) in [6, 6.07) is 23.9. The van der Waals surface area contributed by atoms with Gasteiger partial charge in [0.05, 0.1) is 17.8 Å². The predicted molar refractivity (Wildman–Crippen MR) is 162 cm³/mol. The van der Waals surface area contributed by atoms with Crippen LogP contribution in [0.4, 0.5) is 5.69 Å². The van der Waals surface area contributed by atoms with E-state index in [9.17, 15) is 9.59 Å². The third-order valence-corrected chi connectivity index (χ3v) is 6.98. The Hall–Kier alpha value is -5.56. The van der Waals surface area contributed by atoms with Crippen molar-refractivity contribution < 1.29 is 19.1 Å². The van der Waals surface area contributed by atoms with E-state index in [2.05, 4.69) is 37.4 Å². The highest BCUT2D eigenvalue weighted by Gasteiger charge is 2.32. The van der Waals surface area contributed by atoms with E-state index in [1.54, 1.807) is 25.4 Å². The number of amidine groups is 1. The van der Waals surface area contributed by atoms with E-state index in [4.69, 9.17) is 9.47 Å². The van der Waals surface area contributed by atoms with Gasteiger partial charge in [-0.15, -0.1) is 5.11 Å². The third kappa shape index (κ3) is 6.52. The summed E-state index contributed by atoms with van der Waals surface area (Å²) in [5.74, 6) is 6.58. The van der Waals surface area contributed by atoms with Gasteiger partial charge in [0.1, 0.15) is 24.1 Å². The molecule has 43 heavy (non-hydrogen) atoms. The number of nitrogens with zero attached hydrogens (tertiary/aromatic N) is 5. The van der Waals surface area contributed by atoms with Crippen LogP contribution in [0.3, 0.4) is 0 Å². The molecule has 10 heteroatoms. The van der Waals surface area contributed by atoms with Crippen molar-refractivity contribution in [2.24, 2.45) is 15.2 Å². The molecule has 0 saturated carbocycles. The van der Waals surface area contributed by atoms with E-state index in [-0.39, 0.29) is 18.3 Å². The summed E-state index contributed by atoms with van der Waals surface area (Å²) in [5.41, 5.74) is 3.25. The van der Waals surface area contributed by atoms with E-state index in [1.807, 2.05) is 66.7 Å². The molecule has 0 fully saturated rings. The van der Waals surface area contributed by atoms with Crippen molar-refractivity contribution >= 4 is 34.2 Å². The van der Waals surface area contributed by atoms with E-state index in [0.717, 1.165) is 27.8 Å². The van der Waals surface area contributed by atoms with Crippen molar-refractivity contribution in [1.82, 2.24) is 10.3 Å². The summed E-state index contributed by atoms with van der Waals surface area (Å²) in [4.78, 5) is 36.2.